The Bertz CT molecular complexity index is 1840. The van der Waals surface area contributed by atoms with Gasteiger partial charge in [0, 0.05) is 25.7 Å². The summed E-state index contributed by atoms with van der Waals surface area (Å²) >= 11 is 0. The van der Waals surface area contributed by atoms with Crippen LogP contribution in [-0.2, 0) is 65.4 Å². The molecule has 17 nitrogen and oxygen atoms in total. The minimum absolute atomic E-state index is 0.106. The third-order valence-electron chi connectivity index (χ3n) is 18.4. The van der Waals surface area contributed by atoms with Crippen LogP contribution in [-0.4, -0.2) is 96.7 Å². The first-order valence-electron chi connectivity index (χ1n) is 40.2. The van der Waals surface area contributed by atoms with E-state index in [-0.39, 0.29) is 25.7 Å². The van der Waals surface area contributed by atoms with Gasteiger partial charge in [-0.15, -0.1) is 0 Å². The summed E-state index contributed by atoms with van der Waals surface area (Å²) in [4.78, 5) is 72.5. The zero-order valence-corrected chi connectivity index (χ0v) is 64.3. The van der Waals surface area contributed by atoms with Gasteiger partial charge in [-0.05, 0) is 31.6 Å². The number of aliphatic hydroxyl groups excluding tert-OH is 1. The number of aliphatic hydroxyl groups is 1. The van der Waals surface area contributed by atoms with Crippen molar-refractivity contribution in [1.82, 2.24) is 0 Å². The Morgan fingerprint density at radius 2 is 0.500 bits per heavy atom. The molecule has 0 rings (SSSR count). The van der Waals surface area contributed by atoms with E-state index in [1.165, 1.54) is 225 Å². The quantitative estimate of drug-likeness (QED) is 0.0222. The van der Waals surface area contributed by atoms with E-state index in [0.717, 1.165) is 102 Å². The Balaban J connectivity index is 5.10. The number of hydrogen-bond acceptors (Lipinski definition) is 15. The molecular formula is C77H150O17P2. The van der Waals surface area contributed by atoms with Crippen molar-refractivity contribution in [2.75, 3.05) is 39.6 Å². The summed E-state index contributed by atoms with van der Waals surface area (Å²) in [6, 6.07) is 0. The van der Waals surface area contributed by atoms with Gasteiger partial charge in [-0.25, -0.2) is 9.13 Å². The normalized spacial score (nSPS) is 14.2. The van der Waals surface area contributed by atoms with Gasteiger partial charge in [-0.2, -0.15) is 0 Å². The zero-order valence-electron chi connectivity index (χ0n) is 62.5. The van der Waals surface area contributed by atoms with Gasteiger partial charge in [0.2, 0.25) is 0 Å². The third-order valence-corrected chi connectivity index (χ3v) is 20.3. The van der Waals surface area contributed by atoms with Crippen molar-refractivity contribution in [3.05, 3.63) is 0 Å². The van der Waals surface area contributed by atoms with Crippen LogP contribution in [0.4, 0.5) is 0 Å². The number of esters is 4. The van der Waals surface area contributed by atoms with Crippen molar-refractivity contribution in [3.8, 4) is 0 Å². The molecule has 0 aromatic rings. The molecule has 570 valence electrons. The van der Waals surface area contributed by atoms with Crippen LogP contribution >= 0.6 is 15.6 Å². The first-order chi connectivity index (χ1) is 46.6. The zero-order chi connectivity index (χ0) is 70.5. The SMILES string of the molecule is CCCCCCCCCCCCCCCCCCCCC(=O)OC[C@H](COP(=O)(O)OC[C@@H](O)COP(=O)(O)OC[C@@H](COC(=O)CCCCCCC)OC(=O)CCCCCCCCCCCCC)OC(=O)CCCCCCCCCCCCCCCCCCCCC(C)CC. The molecule has 6 atom stereocenters. The Kier molecular flexibility index (Phi) is 68.7. The van der Waals surface area contributed by atoms with Crippen molar-refractivity contribution >= 4 is 39.5 Å². The van der Waals surface area contributed by atoms with Gasteiger partial charge in [-0.1, -0.05) is 356 Å². The highest BCUT2D eigenvalue weighted by molar-refractivity contribution is 7.47. The molecule has 0 amide bonds. The fraction of sp³-hybridized carbons (Fsp3) is 0.948. The first-order valence-corrected chi connectivity index (χ1v) is 43.2. The molecule has 96 heavy (non-hydrogen) atoms. The molecular weight excluding hydrogens is 1260 g/mol. The fourth-order valence-corrected chi connectivity index (χ4v) is 13.4. The van der Waals surface area contributed by atoms with E-state index in [9.17, 15) is 43.2 Å². The standard InChI is InChI=1S/C77H150O17P2/c1-6-10-13-16-18-20-22-23-24-25-29-32-35-39-42-46-51-56-61-75(80)88-67-73(94-77(82)63-58-53-48-44-40-36-33-30-27-26-28-31-34-38-41-45-50-54-59-70(5)9-4)69-92-96(85,86)90-65-71(78)64-89-95(83,84)91-68-72(66-87-74(79)60-55-49-15-12-8-3)93-76(81)62-57-52-47-43-37-21-19-17-14-11-7-2/h70-73,78H,6-69H2,1-5H3,(H,83,84)(H,85,86)/t70?,71-,72+,73+/m0/s1. The monoisotopic (exact) mass is 1410 g/mol. The first kappa shape index (κ1) is 94.1. The summed E-state index contributed by atoms with van der Waals surface area (Å²) in [6.45, 7) is 7.27. The predicted molar refractivity (Wildman–Crippen MR) is 391 cm³/mol. The molecule has 0 saturated heterocycles. The van der Waals surface area contributed by atoms with Crippen LogP contribution in [0, 0.1) is 5.92 Å². The highest BCUT2D eigenvalue weighted by Gasteiger charge is 2.30. The van der Waals surface area contributed by atoms with Crippen molar-refractivity contribution in [2.45, 2.75) is 425 Å². The molecule has 0 aliphatic rings. The lowest BCUT2D eigenvalue weighted by molar-refractivity contribution is -0.161. The van der Waals surface area contributed by atoms with Crippen LogP contribution in [0.2, 0.25) is 0 Å². The van der Waals surface area contributed by atoms with Crippen LogP contribution in [0.15, 0.2) is 0 Å². The van der Waals surface area contributed by atoms with E-state index < -0.39 is 97.5 Å². The van der Waals surface area contributed by atoms with E-state index >= 15 is 0 Å². The molecule has 0 spiro atoms. The van der Waals surface area contributed by atoms with Gasteiger partial charge >= 0.3 is 39.5 Å². The van der Waals surface area contributed by atoms with Crippen molar-refractivity contribution in [3.63, 3.8) is 0 Å². The van der Waals surface area contributed by atoms with Crippen LogP contribution < -0.4 is 0 Å². The second kappa shape index (κ2) is 70.1. The molecule has 0 aliphatic carbocycles. The Hall–Kier alpha value is -1.94. The van der Waals surface area contributed by atoms with Gasteiger partial charge in [0.25, 0.3) is 0 Å². The molecule has 3 N–H and O–H groups in total. The molecule has 3 unspecified atom stereocenters. The molecule has 0 fully saturated rings. The number of rotatable bonds is 77. The van der Waals surface area contributed by atoms with Crippen LogP contribution in [0.25, 0.3) is 0 Å². The summed E-state index contributed by atoms with van der Waals surface area (Å²) < 4.78 is 68.3. The third kappa shape index (κ3) is 69.2. The van der Waals surface area contributed by atoms with Crippen LogP contribution in [0.3, 0.4) is 0 Å². The number of ether oxygens (including phenoxy) is 4. The lowest BCUT2D eigenvalue weighted by Crippen LogP contribution is -2.30. The second-order valence-corrected chi connectivity index (χ2v) is 30.9. The molecule has 0 aromatic carbocycles. The number of carbonyl (C=O) groups is 4. The molecule has 19 heteroatoms. The van der Waals surface area contributed by atoms with E-state index in [2.05, 4.69) is 34.6 Å². The number of carbonyl (C=O) groups excluding carboxylic acids is 4. The van der Waals surface area contributed by atoms with Gasteiger partial charge < -0.3 is 33.8 Å². The van der Waals surface area contributed by atoms with E-state index in [0.29, 0.717) is 25.7 Å². The maximum Gasteiger partial charge on any atom is 0.472 e. The highest BCUT2D eigenvalue weighted by atomic mass is 31.2. The average Bonchev–Trinajstić information content (AvgIpc) is 1.38. The molecule has 0 aromatic heterocycles. The van der Waals surface area contributed by atoms with Crippen molar-refractivity contribution < 1.29 is 80.2 Å². The Labute approximate surface area is 588 Å². The van der Waals surface area contributed by atoms with E-state index in [4.69, 9.17) is 37.0 Å². The van der Waals surface area contributed by atoms with Crippen molar-refractivity contribution in [2.24, 2.45) is 5.92 Å². The average molecular weight is 1410 g/mol. The van der Waals surface area contributed by atoms with Gasteiger partial charge in [0.1, 0.15) is 19.3 Å². The van der Waals surface area contributed by atoms with Crippen LogP contribution in [0.5, 0.6) is 0 Å². The van der Waals surface area contributed by atoms with Gasteiger partial charge in [0.05, 0.1) is 26.4 Å². The lowest BCUT2D eigenvalue weighted by atomic mass is 9.99. The number of phosphoric ester groups is 2. The summed E-state index contributed by atoms with van der Waals surface area (Å²) in [5, 5.41) is 10.6. The largest absolute Gasteiger partial charge is 0.472 e. The summed E-state index contributed by atoms with van der Waals surface area (Å²) in [5.41, 5.74) is 0. The van der Waals surface area contributed by atoms with E-state index in [1.54, 1.807) is 0 Å². The topological polar surface area (TPSA) is 237 Å². The number of hydrogen-bond donors (Lipinski definition) is 3. The molecule has 0 heterocycles. The summed E-state index contributed by atoms with van der Waals surface area (Å²) in [7, 11) is -9.90. The summed E-state index contributed by atoms with van der Waals surface area (Å²) in [5.74, 6) is -1.25. The lowest BCUT2D eigenvalue weighted by Gasteiger charge is -2.21. The maximum atomic E-state index is 13.1. The second-order valence-electron chi connectivity index (χ2n) is 28.0. The Morgan fingerprint density at radius 3 is 0.740 bits per heavy atom. The molecule has 0 saturated carbocycles. The molecule has 0 aliphatic heterocycles. The minimum atomic E-state index is -4.96. The molecule has 0 radical (unpaired) electrons. The Morgan fingerprint density at radius 1 is 0.292 bits per heavy atom. The van der Waals surface area contributed by atoms with Gasteiger partial charge in [0.15, 0.2) is 12.2 Å². The van der Waals surface area contributed by atoms with Gasteiger partial charge in [-0.3, -0.25) is 37.3 Å². The maximum absolute atomic E-state index is 13.1. The van der Waals surface area contributed by atoms with Crippen molar-refractivity contribution in [1.29, 1.82) is 0 Å². The highest BCUT2D eigenvalue weighted by Crippen LogP contribution is 2.45. The number of phosphoric acid groups is 2. The predicted octanol–water partition coefficient (Wildman–Crippen LogP) is 22.9. The smallest absolute Gasteiger partial charge is 0.462 e. The van der Waals surface area contributed by atoms with Crippen LogP contribution in [0.1, 0.15) is 407 Å². The number of unbranched alkanes of at least 4 members (excludes halogenated alkanes) is 48. The molecule has 0 bridgehead atoms. The van der Waals surface area contributed by atoms with E-state index in [1.807, 2.05) is 0 Å². The minimum Gasteiger partial charge on any atom is -0.462 e. The fourth-order valence-electron chi connectivity index (χ4n) is 11.8. The summed E-state index contributed by atoms with van der Waals surface area (Å²) in [6.07, 6.45) is 60.1.